The standard InChI is InChI=1S/2C18H24N2O3/c2*1-22-15-5-4-12(14-9-19-18(21)20-10-14)8-17(15)23-16-7-11-2-3-13(16)6-11/h2*4-5,8,11,13-14,16H,2-3,6-7,9-10H2,1H3,(H2,19,20,21)/t2*11-,13+,16+/m11/s1. The van der Waals surface area contributed by atoms with Crippen molar-refractivity contribution in [2.24, 2.45) is 23.7 Å². The van der Waals surface area contributed by atoms with Crippen LogP contribution in [0.1, 0.15) is 74.3 Å². The Balaban J connectivity index is 0.000000147. The topological polar surface area (TPSA) is 119 Å². The van der Waals surface area contributed by atoms with Gasteiger partial charge in [0.15, 0.2) is 23.0 Å². The first kappa shape index (κ1) is 30.8. The maximum absolute atomic E-state index is 11.2. The summed E-state index contributed by atoms with van der Waals surface area (Å²) in [6.07, 6.45) is 11.0. The molecule has 2 aromatic carbocycles. The zero-order valence-electron chi connectivity index (χ0n) is 27.0. The molecule has 4 amide bonds. The zero-order chi connectivity index (χ0) is 31.6. The van der Waals surface area contributed by atoms with E-state index in [0.29, 0.717) is 50.2 Å². The van der Waals surface area contributed by atoms with Crippen molar-refractivity contribution >= 4 is 12.1 Å². The van der Waals surface area contributed by atoms with Crippen molar-refractivity contribution in [3.8, 4) is 23.0 Å². The van der Waals surface area contributed by atoms with Gasteiger partial charge in [0.1, 0.15) is 12.2 Å². The molecule has 2 heterocycles. The van der Waals surface area contributed by atoms with Crippen molar-refractivity contribution in [2.75, 3.05) is 40.4 Å². The lowest BCUT2D eigenvalue weighted by molar-refractivity contribution is 0.133. The van der Waals surface area contributed by atoms with Crippen LogP contribution < -0.4 is 40.2 Å². The number of amides is 4. The molecule has 0 spiro atoms. The molecule has 0 radical (unpaired) electrons. The molecule has 4 saturated carbocycles. The molecule has 4 aliphatic carbocycles. The van der Waals surface area contributed by atoms with Crippen molar-refractivity contribution in [3.05, 3.63) is 47.5 Å². The Kier molecular flexibility index (Phi) is 9.04. The second-order valence-corrected chi connectivity index (χ2v) is 14.1. The SMILES string of the molecule is COc1ccc(C2CNC(=O)NC2)cc1O[C@H]1C[C@@H]2CC[C@H]1C2.COc1ccc(C2CNC(=O)NC2)cc1O[C@H]1C[C@@H]2CC[C@H]1C2. The molecule has 248 valence electrons. The lowest BCUT2D eigenvalue weighted by Crippen LogP contribution is -2.47. The first-order valence-corrected chi connectivity index (χ1v) is 17.2. The highest BCUT2D eigenvalue weighted by Crippen LogP contribution is 2.48. The molecule has 4 bridgehead atoms. The Morgan fingerprint density at radius 3 is 1.28 bits per heavy atom. The molecular weight excluding hydrogens is 584 g/mol. The minimum absolute atomic E-state index is 0.0896. The molecule has 10 nitrogen and oxygen atoms in total. The van der Waals surface area contributed by atoms with Crippen LogP contribution in [0, 0.1) is 23.7 Å². The third-order valence-corrected chi connectivity index (χ3v) is 11.3. The number of nitrogens with one attached hydrogen (secondary N) is 4. The van der Waals surface area contributed by atoms with Gasteiger partial charge in [0.25, 0.3) is 0 Å². The summed E-state index contributed by atoms with van der Waals surface area (Å²) in [5.41, 5.74) is 2.35. The van der Waals surface area contributed by atoms with E-state index in [9.17, 15) is 9.59 Å². The summed E-state index contributed by atoms with van der Waals surface area (Å²) in [6, 6.07) is 12.1. The number of methoxy groups -OCH3 is 2. The molecule has 2 aromatic rings. The Morgan fingerprint density at radius 1 is 0.543 bits per heavy atom. The summed E-state index contributed by atoms with van der Waals surface area (Å²) in [6.45, 7) is 2.63. The van der Waals surface area contributed by atoms with E-state index in [1.54, 1.807) is 14.2 Å². The number of hydrogen-bond acceptors (Lipinski definition) is 6. The highest BCUT2D eigenvalue weighted by atomic mass is 16.5. The van der Waals surface area contributed by atoms with Crippen molar-refractivity contribution in [3.63, 3.8) is 0 Å². The van der Waals surface area contributed by atoms with Crippen LogP contribution in [0.5, 0.6) is 23.0 Å². The summed E-state index contributed by atoms with van der Waals surface area (Å²) in [5.74, 6) is 6.95. The Labute approximate surface area is 271 Å². The van der Waals surface area contributed by atoms with E-state index in [1.807, 2.05) is 12.1 Å². The molecule has 0 unspecified atom stereocenters. The molecule has 10 heteroatoms. The molecule has 2 saturated heterocycles. The third-order valence-electron chi connectivity index (χ3n) is 11.3. The molecular formula is C36H48N4O6. The van der Waals surface area contributed by atoms with Crippen LogP contribution in [0.3, 0.4) is 0 Å². The predicted molar refractivity (Wildman–Crippen MR) is 174 cm³/mol. The normalized spacial score (nSPS) is 30.0. The van der Waals surface area contributed by atoms with Gasteiger partial charge in [-0.3, -0.25) is 0 Å². The highest BCUT2D eigenvalue weighted by Gasteiger charge is 2.42. The van der Waals surface area contributed by atoms with Crippen molar-refractivity contribution in [2.45, 2.75) is 75.4 Å². The van der Waals surface area contributed by atoms with Gasteiger partial charge in [0.2, 0.25) is 0 Å². The second kappa shape index (κ2) is 13.5. The monoisotopic (exact) mass is 632 g/mol. The van der Waals surface area contributed by atoms with Gasteiger partial charge in [0, 0.05) is 38.0 Å². The van der Waals surface area contributed by atoms with E-state index in [4.69, 9.17) is 18.9 Å². The maximum Gasteiger partial charge on any atom is 0.314 e. The second-order valence-electron chi connectivity index (χ2n) is 14.1. The fourth-order valence-electron chi connectivity index (χ4n) is 8.67. The van der Waals surface area contributed by atoms with Crippen LogP contribution >= 0.6 is 0 Å². The number of urea groups is 2. The average molecular weight is 633 g/mol. The zero-order valence-corrected chi connectivity index (χ0v) is 27.0. The first-order valence-electron chi connectivity index (χ1n) is 17.2. The fraction of sp³-hybridized carbons (Fsp3) is 0.611. The summed E-state index contributed by atoms with van der Waals surface area (Å²) < 4.78 is 23.7. The van der Waals surface area contributed by atoms with Crippen molar-refractivity contribution < 1.29 is 28.5 Å². The smallest absolute Gasteiger partial charge is 0.314 e. The van der Waals surface area contributed by atoms with E-state index in [-0.39, 0.29) is 23.9 Å². The quantitative estimate of drug-likeness (QED) is 0.313. The predicted octanol–water partition coefficient (Wildman–Crippen LogP) is 5.32. The van der Waals surface area contributed by atoms with Crippen LogP contribution in [-0.2, 0) is 0 Å². The van der Waals surface area contributed by atoms with Gasteiger partial charge < -0.3 is 40.2 Å². The molecule has 2 aliphatic heterocycles. The molecule has 0 aromatic heterocycles. The summed E-state index contributed by atoms with van der Waals surface area (Å²) in [5, 5.41) is 11.4. The van der Waals surface area contributed by atoms with Crippen molar-refractivity contribution in [1.29, 1.82) is 0 Å². The van der Waals surface area contributed by atoms with E-state index >= 15 is 0 Å². The van der Waals surface area contributed by atoms with Gasteiger partial charge in [-0.25, -0.2) is 9.59 Å². The molecule has 6 aliphatic rings. The summed E-state index contributed by atoms with van der Waals surface area (Å²) in [7, 11) is 3.37. The van der Waals surface area contributed by atoms with E-state index in [0.717, 1.165) is 34.8 Å². The van der Waals surface area contributed by atoms with Gasteiger partial charge in [-0.15, -0.1) is 0 Å². The number of rotatable bonds is 8. The van der Waals surface area contributed by atoms with Crippen LogP contribution in [0.25, 0.3) is 0 Å². The first-order chi connectivity index (χ1) is 22.4. The van der Waals surface area contributed by atoms with Crippen LogP contribution in [0.15, 0.2) is 36.4 Å². The van der Waals surface area contributed by atoms with Crippen LogP contribution in [0.4, 0.5) is 9.59 Å². The van der Waals surface area contributed by atoms with E-state index in [1.165, 1.54) is 62.5 Å². The maximum atomic E-state index is 11.2. The Bertz CT molecular complexity index is 1290. The molecule has 6 atom stereocenters. The number of fused-ring (bicyclic) bond motifs is 4. The van der Waals surface area contributed by atoms with Crippen LogP contribution in [0.2, 0.25) is 0 Å². The Hall–Kier alpha value is -3.82. The lowest BCUT2D eigenvalue weighted by atomic mass is 9.96. The fourth-order valence-corrected chi connectivity index (χ4v) is 8.67. The van der Waals surface area contributed by atoms with E-state index < -0.39 is 0 Å². The van der Waals surface area contributed by atoms with Gasteiger partial charge in [-0.1, -0.05) is 12.1 Å². The molecule has 4 N–H and O–H groups in total. The number of hydrogen-bond donors (Lipinski definition) is 4. The van der Waals surface area contributed by atoms with Gasteiger partial charge >= 0.3 is 12.1 Å². The van der Waals surface area contributed by atoms with Gasteiger partial charge in [-0.2, -0.15) is 0 Å². The third kappa shape index (κ3) is 6.67. The number of carbonyl (C=O) groups excluding carboxylic acids is 2. The number of ether oxygens (including phenoxy) is 4. The van der Waals surface area contributed by atoms with Gasteiger partial charge in [-0.05, 0) is 110 Å². The van der Waals surface area contributed by atoms with Crippen molar-refractivity contribution in [1.82, 2.24) is 21.3 Å². The molecule has 6 fully saturated rings. The summed E-state index contributed by atoms with van der Waals surface area (Å²) >= 11 is 0. The minimum Gasteiger partial charge on any atom is -0.493 e. The number of benzene rings is 2. The minimum atomic E-state index is -0.0896. The summed E-state index contributed by atoms with van der Waals surface area (Å²) in [4.78, 5) is 22.5. The lowest BCUT2D eigenvalue weighted by Gasteiger charge is -2.27. The largest absolute Gasteiger partial charge is 0.493 e. The molecule has 8 rings (SSSR count). The molecule has 46 heavy (non-hydrogen) atoms. The average Bonchev–Trinajstić information content (AvgIpc) is 3.90. The Morgan fingerprint density at radius 2 is 0.957 bits per heavy atom. The highest BCUT2D eigenvalue weighted by molar-refractivity contribution is 5.75. The van der Waals surface area contributed by atoms with Gasteiger partial charge in [0.05, 0.1) is 14.2 Å². The number of carbonyl (C=O) groups is 2. The van der Waals surface area contributed by atoms with Crippen LogP contribution in [-0.4, -0.2) is 64.7 Å². The van der Waals surface area contributed by atoms with E-state index in [2.05, 4.69) is 45.5 Å².